The number of nitrogens with zero attached hydrogens (tertiary/aromatic N) is 2. The summed E-state index contributed by atoms with van der Waals surface area (Å²) in [4.78, 5) is 6.10. The minimum atomic E-state index is -4.77. The Balaban J connectivity index is 2.75. The van der Waals surface area contributed by atoms with Crippen molar-refractivity contribution in [2.45, 2.75) is 18.5 Å². The number of nitrogens with one attached hydrogen (secondary N) is 1. The molecule has 0 aliphatic carbocycles. The van der Waals surface area contributed by atoms with Crippen LogP contribution in [0.4, 0.5) is 36.7 Å². The summed E-state index contributed by atoms with van der Waals surface area (Å²) in [6.07, 6.45) is -8.03. The largest absolute Gasteiger partial charge is 0.433 e. The molecule has 1 aromatic rings. The van der Waals surface area contributed by atoms with Gasteiger partial charge in [-0.2, -0.15) is 22.0 Å². The van der Waals surface area contributed by atoms with Crippen LogP contribution in [0.5, 0.6) is 0 Å². The highest BCUT2D eigenvalue weighted by Crippen LogP contribution is 2.28. The van der Waals surface area contributed by atoms with Crippen molar-refractivity contribution in [1.29, 1.82) is 0 Å². The van der Waals surface area contributed by atoms with Crippen LogP contribution < -0.4 is 5.32 Å². The maximum absolute atomic E-state index is 12.5. The fraction of sp³-hybridized carbons (Fsp3) is 0.500. The van der Waals surface area contributed by atoms with Gasteiger partial charge in [-0.05, 0) is 6.07 Å². The number of rotatable bonds is 4. The van der Waals surface area contributed by atoms with Crippen molar-refractivity contribution >= 4 is 5.95 Å². The van der Waals surface area contributed by atoms with Gasteiger partial charge in [0.05, 0.1) is 6.54 Å². The molecule has 0 saturated carbocycles. The molecule has 0 aliphatic rings. The zero-order valence-electron chi connectivity index (χ0n) is 8.48. The van der Waals surface area contributed by atoms with Crippen LogP contribution >= 0.6 is 0 Å². The Labute approximate surface area is 96.0 Å². The summed E-state index contributed by atoms with van der Waals surface area (Å²) in [7, 11) is 0. The van der Waals surface area contributed by atoms with Crippen LogP contribution in [0.3, 0.4) is 0 Å². The maximum atomic E-state index is 12.5. The first kappa shape index (κ1) is 14.5. The van der Waals surface area contributed by atoms with Gasteiger partial charge < -0.3 is 5.32 Å². The lowest BCUT2D eigenvalue weighted by molar-refractivity contribution is -0.141. The fourth-order valence-electron chi connectivity index (χ4n) is 0.876. The van der Waals surface area contributed by atoms with E-state index in [1.54, 1.807) is 5.32 Å². The van der Waals surface area contributed by atoms with Crippen LogP contribution in [-0.4, -0.2) is 28.9 Å². The molecule has 0 amide bonds. The molecule has 0 saturated heterocycles. The summed E-state index contributed by atoms with van der Waals surface area (Å²) >= 11 is 0. The van der Waals surface area contributed by atoms with E-state index in [9.17, 15) is 30.7 Å². The average Bonchev–Trinajstić information content (AvgIpc) is 2.25. The minimum Gasteiger partial charge on any atom is -0.348 e. The normalized spacial score (nSPS) is 12.9. The fourth-order valence-corrected chi connectivity index (χ4v) is 0.876. The molecule has 0 spiro atoms. The van der Waals surface area contributed by atoms with E-state index in [0.29, 0.717) is 12.3 Å². The highest BCUT2D eigenvalue weighted by atomic mass is 19.4. The number of halogens is 7. The lowest BCUT2D eigenvalue weighted by Crippen LogP contribution is -2.35. The Hall–Kier alpha value is -1.61. The zero-order chi connectivity index (χ0) is 14.0. The zero-order valence-corrected chi connectivity index (χ0v) is 8.48. The molecule has 1 rings (SSSR count). The van der Waals surface area contributed by atoms with Gasteiger partial charge in [0.1, 0.15) is 5.69 Å². The van der Waals surface area contributed by atoms with Crippen molar-refractivity contribution in [1.82, 2.24) is 9.97 Å². The van der Waals surface area contributed by atoms with Gasteiger partial charge in [-0.1, -0.05) is 0 Å². The summed E-state index contributed by atoms with van der Waals surface area (Å²) < 4.78 is 85.1. The van der Waals surface area contributed by atoms with Gasteiger partial charge in [0.25, 0.3) is 0 Å². The summed E-state index contributed by atoms with van der Waals surface area (Å²) in [5.74, 6) is -5.18. The summed E-state index contributed by atoms with van der Waals surface area (Å²) in [6.45, 7) is -1.56. The molecular formula is C8H6F7N3. The van der Waals surface area contributed by atoms with E-state index in [0.717, 1.165) is 0 Å². The molecular weight excluding hydrogens is 271 g/mol. The minimum absolute atomic E-state index is 0.524. The Morgan fingerprint density at radius 1 is 1.17 bits per heavy atom. The average molecular weight is 277 g/mol. The van der Waals surface area contributed by atoms with E-state index in [2.05, 4.69) is 9.97 Å². The van der Waals surface area contributed by atoms with Crippen molar-refractivity contribution in [3.05, 3.63) is 18.0 Å². The number of alkyl halides is 7. The van der Waals surface area contributed by atoms with Crippen molar-refractivity contribution < 1.29 is 30.7 Å². The van der Waals surface area contributed by atoms with Gasteiger partial charge in [-0.15, -0.1) is 0 Å². The molecule has 0 aromatic carbocycles. The van der Waals surface area contributed by atoms with Gasteiger partial charge in [0.15, 0.2) is 0 Å². The Kier molecular flexibility index (Phi) is 3.97. The predicted octanol–water partition coefficient (Wildman–Crippen LogP) is 2.81. The number of hydrogen-bond acceptors (Lipinski definition) is 3. The summed E-state index contributed by atoms with van der Waals surface area (Å²) in [6, 6.07) is 0.524. The Bertz CT molecular complexity index is 404. The second-order valence-corrected chi connectivity index (χ2v) is 3.18. The molecule has 1 N–H and O–H groups in total. The summed E-state index contributed by atoms with van der Waals surface area (Å²) in [5, 5.41) is 1.63. The van der Waals surface area contributed by atoms with E-state index in [1.807, 2.05) is 0 Å². The smallest absolute Gasteiger partial charge is 0.348 e. The number of hydrogen-bond donors (Lipinski definition) is 1. The molecule has 0 fully saturated rings. The van der Waals surface area contributed by atoms with E-state index >= 15 is 0 Å². The van der Waals surface area contributed by atoms with Crippen molar-refractivity contribution in [3.63, 3.8) is 0 Å². The van der Waals surface area contributed by atoms with E-state index in [1.165, 1.54) is 0 Å². The van der Waals surface area contributed by atoms with Crippen molar-refractivity contribution in [3.8, 4) is 0 Å². The van der Waals surface area contributed by atoms with Crippen LogP contribution in [0.2, 0.25) is 0 Å². The molecule has 3 nitrogen and oxygen atoms in total. The van der Waals surface area contributed by atoms with E-state index in [4.69, 9.17) is 0 Å². The maximum Gasteiger partial charge on any atom is 0.433 e. The monoisotopic (exact) mass is 277 g/mol. The van der Waals surface area contributed by atoms with Crippen molar-refractivity contribution in [2.75, 3.05) is 11.9 Å². The van der Waals surface area contributed by atoms with Gasteiger partial charge in [-0.25, -0.2) is 18.7 Å². The standard InChI is InChI=1S/C8H6F7N3/c9-5(10)7(11,12)3-17-6-16-2-1-4(18-6)8(13,14)15/h1-2,5H,3H2,(H,16,17,18). The number of aromatic nitrogens is 2. The molecule has 1 aromatic heterocycles. The van der Waals surface area contributed by atoms with E-state index < -0.39 is 36.7 Å². The highest BCUT2D eigenvalue weighted by Gasteiger charge is 2.40. The van der Waals surface area contributed by atoms with Gasteiger partial charge in [0, 0.05) is 6.20 Å². The molecule has 102 valence electrons. The highest BCUT2D eigenvalue weighted by molar-refractivity contribution is 5.26. The predicted molar refractivity (Wildman–Crippen MR) is 46.5 cm³/mol. The quantitative estimate of drug-likeness (QED) is 0.860. The van der Waals surface area contributed by atoms with Gasteiger partial charge in [-0.3, -0.25) is 0 Å². The van der Waals surface area contributed by atoms with Crippen LogP contribution in [0.1, 0.15) is 5.69 Å². The molecule has 10 heteroatoms. The third-order valence-corrected chi connectivity index (χ3v) is 1.75. The lowest BCUT2D eigenvalue weighted by Gasteiger charge is -2.16. The molecule has 0 radical (unpaired) electrons. The molecule has 0 atom stereocenters. The SMILES string of the molecule is FC(F)C(F)(F)CNc1nccc(C(F)(F)F)n1. The first-order valence-corrected chi connectivity index (χ1v) is 4.43. The first-order valence-electron chi connectivity index (χ1n) is 4.43. The molecule has 0 aliphatic heterocycles. The van der Waals surface area contributed by atoms with Crippen molar-refractivity contribution in [2.24, 2.45) is 0 Å². The second-order valence-electron chi connectivity index (χ2n) is 3.18. The third-order valence-electron chi connectivity index (χ3n) is 1.75. The first-order chi connectivity index (χ1) is 8.13. The molecule has 0 bridgehead atoms. The van der Waals surface area contributed by atoms with Crippen LogP contribution in [-0.2, 0) is 6.18 Å². The van der Waals surface area contributed by atoms with Crippen LogP contribution in [0.15, 0.2) is 12.3 Å². The molecule has 1 heterocycles. The molecule has 0 unspecified atom stereocenters. The third kappa shape index (κ3) is 3.70. The molecule has 18 heavy (non-hydrogen) atoms. The van der Waals surface area contributed by atoms with Crippen LogP contribution in [0.25, 0.3) is 0 Å². The lowest BCUT2D eigenvalue weighted by atomic mass is 10.3. The van der Waals surface area contributed by atoms with Gasteiger partial charge >= 0.3 is 18.5 Å². The number of anilines is 1. The Morgan fingerprint density at radius 3 is 2.28 bits per heavy atom. The van der Waals surface area contributed by atoms with E-state index in [-0.39, 0.29) is 0 Å². The summed E-state index contributed by atoms with van der Waals surface area (Å²) in [5.41, 5.74) is -1.36. The second kappa shape index (κ2) is 4.94. The Morgan fingerprint density at radius 2 is 1.78 bits per heavy atom. The topological polar surface area (TPSA) is 37.8 Å². The van der Waals surface area contributed by atoms with Gasteiger partial charge in [0.2, 0.25) is 5.95 Å². The van der Waals surface area contributed by atoms with Crippen LogP contribution in [0, 0.1) is 0 Å².